The van der Waals surface area contributed by atoms with E-state index in [1.54, 1.807) is 0 Å². The number of nitrogens with zero attached hydrogens (tertiary/aromatic N) is 4. The summed E-state index contributed by atoms with van der Waals surface area (Å²) in [6, 6.07) is 6.62. The van der Waals surface area contributed by atoms with Crippen LogP contribution in [0.2, 0.25) is 0 Å². The molecule has 0 bridgehead atoms. The molecule has 28 heavy (non-hydrogen) atoms. The molecule has 1 saturated heterocycles. The number of hydrogen-bond donors (Lipinski definition) is 2. The monoisotopic (exact) mass is 496 g/mol. The van der Waals surface area contributed by atoms with E-state index in [4.69, 9.17) is 4.99 Å². The molecular weight excluding hydrogens is 463 g/mol. The van der Waals surface area contributed by atoms with E-state index < -0.39 is 0 Å². The lowest BCUT2D eigenvalue weighted by molar-refractivity contribution is 0.221. The van der Waals surface area contributed by atoms with Crippen LogP contribution in [0.25, 0.3) is 5.65 Å². The highest BCUT2D eigenvalue weighted by Gasteiger charge is 2.19. The number of guanidine groups is 1. The SMILES string of the molecule is C=C(C)CN1CCC(NC(=NCc2cn3c(C)cccc3n2)NCC)CC1.I. The first-order valence-electron chi connectivity index (χ1n) is 9.90. The Morgan fingerprint density at radius 1 is 1.32 bits per heavy atom. The summed E-state index contributed by atoms with van der Waals surface area (Å²) in [6.07, 6.45) is 4.34. The van der Waals surface area contributed by atoms with E-state index in [0.717, 1.165) is 56.3 Å². The van der Waals surface area contributed by atoms with Gasteiger partial charge in [-0.05, 0) is 45.7 Å². The Hall–Kier alpha value is -1.61. The number of nitrogens with one attached hydrogen (secondary N) is 2. The van der Waals surface area contributed by atoms with Crippen molar-refractivity contribution in [3.8, 4) is 0 Å². The molecule has 0 aliphatic carbocycles. The second-order valence-electron chi connectivity index (χ2n) is 7.47. The smallest absolute Gasteiger partial charge is 0.191 e. The van der Waals surface area contributed by atoms with Gasteiger partial charge in [-0.2, -0.15) is 0 Å². The summed E-state index contributed by atoms with van der Waals surface area (Å²) in [5, 5.41) is 6.97. The minimum absolute atomic E-state index is 0. The number of fused-ring (bicyclic) bond motifs is 1. The Kier molecular flexibility index (Phi) is 8.75. The molecule has 2 aromatic rings. The van der Waals surface area contributed by atoms with Gasteiger partial charge in [0.1, 0.15) is 5.65 Å². The van der Waals surface area contributed by atoms with Gasteiger partial charge < -0.3 is 15.0 Å². The van der Waals surface area contributed by atoms with Gasteiger partial charge in [0.2, 0.25) is 0 Å². The predicted octanol–water partition coefficient (Wildman–Crippen LogP) is 3.36. The molecule has 0 unspecified atom stereocenters. The van der Waals surface area contributed by atoms with Gasteiger partial charge in [-0.25, -0.2) is 9.98 Å². The number of halogens is 1. The van der Waals surface area contributed by atoms with Gasteiger partial charge in [-0.1, -0.05) is 18.2 Å². The summed E-state index contributed by atoms with van der Waals surface area (Å²) in [5.74, 6) is 0.879. The molecule has 0 radical (unpaired) electrons. The molecule has 3 rings (SSSR count). The fraction of sp³-hybridized carbons (Fsp3) is 0.524. The molecule has 154 valence electrons. The molecule has 6 nitrogen and oxygen atoms in total. The van der Waals surface area contributed by atoms with Gasteiger partial charge in [0.05, 0.1) is 12.2 Å². The fourth-order valence-corrected chi connectivity index (χ4v) is 3.57. The third-order valence-corrected chi connectivity index (χ3v) is 4.91. The standard InChI is InChI=1S/C21H32N6.HI/c1-5-22-21(25-18-9-11-26(12-10-18)14-16(2)3)23-13-19-15-27-17(4)7-6-8-20(27)24-19;/h6-8,15,18H,2,5,9-14H2,1,3-4H3,(H2,22,23,25);1H. The molecule has 1 aliphatic rings. The van der Waals surface area contributed by atoms with Crippen LogP contribution in [0.15, 0.2) is 41.5 Å². The summed E-state index contributed by atoms with van der Waals surface area (Å²) >= 11 is 0. The molecule has 2 N–H and O–H groups in total. The van der Waals surface area contributed by atoms with Crippen LogP contribution in [0, 0.1) is 6.92 Å². The zero-order valence-electron chi connectivity index (χ0n) is 17.2. The Labute approximate surface area is 185 Å². The quantitative estimate of drug-likeness (QED) is 0.279. The van der Waals surface area contributed by atoms with Crippen LogP contribution in [0.1, 0.15) is 38.1 Å². The van der Waals surface area contributed by atoms with E-state index in [1.807, 2.05) is 12.1 Å². The van der Waals surface area contributed by atoms with E-state index in [-0.39, 0.29) is 24.0 Å². The van der Waals surface area contributed by atoms with Crippen LogP contribution in [0.5, 0.6) is 0 Å². The Morgan fingerprint density at radius 2 is 2.07 bits per heavy atom. The first-order valence-corrected chi connectivity index (χ1v) is 9.90. The van der Waals surface area contributed by atoms with E-state index in [2.05, 4.69) is 64.5 Å². The number of aromatic nitrogens is 2. The third-order valence-electron chi connectivity index (χ3n) is 4.91. The largest absolute Gasteiger partial charge is 0.357 e. The number of pyridine rings is 1. The molecule has 1 aliphatic heterocycles. The number of hydrogen-bond acceptors (Lipinski definition) is 3. The highest BCUT2D eigenvalue weighted by Crippen LogP contribution is 2.12. The maximum Gasteiger partial charge on any atom is 0.191 e. The first-order chi connectivity index (χ1) is 13.0. The van der Waals surface area contributed by atoms with E-state index in [9.17, 15) is 0 Å². The van der Waals surface area contributed by atoms with Crippen LogP contribution in [-0.2, 0) is 6.54 Å². The minimum Gasteiger partial charge on any atom is -0.357 e. The maximum absolute atomic E-state index is 4.76. The minimum atomic E-state index is 0. The number of imidazole rings is 1. The average Bonchev–Trinajstić information content (AvgIpc) is 3.06. The van der Waals surface area contributed by atoms with Crippen molar-refractivity contribution in [2.45, 2.75) is 46.2 Å². The maximum atomic E-state index is 4.76. The number of piperidine rings is 1. The van der Waals surface area contributed by atoms with Gasteiger partial charge in [-0.3, -0.25) is 4.90 Å². The first kappa shape index (κ1) is 22.7. The van der Waals surface area contributed by atoms with Gasteiger partial charge in [0, 0.05) is 44.1 Å². The fourth-order valence-electron chi connectivity index (χ4n) is 3.57. The average molecular weight is 496 g/mol. The van der Waals surface area contributed by atoms with Crippen LogP contribution in [0.4, 0.5) is 0 Å². The summed E-state index contributed by atoms with van der Waals surface area (Å²) in [7, 11) is 0. The highest BCUT2D eigenvalue weighted by atomic mass is 127. The molecule has 2 aromatic heterocycles. The lowest BCUT2D eigenvalue weighted by Crippen LogP contribution is -2.48. The molecule has 0 spiro atoms. The zero-order valence-corrected chi connectivity index (χ0v) is 19.6. The molecule has 3 heterocycles. The van der Waals surface area contributed by atoms with Crippen molar-refractivity contribution in [3.05, 3.63) is 47.9 Å². The normalized spacial score (nSPS) is 16.0. The highest BCUT2D eigenvalue weighted by molar-refractivity contribution is 14.0. The van der Waals surface area contributed by atoms with E-state index >= 15 is 0 Å². The predicted molar refractivity (Wildman–Crippen MR) is 128 cm³/mol. The molecule has 0 atom stereocenters. The van der Waals surface area contributed by atoms with Crippen LogP contribution < -0.4 is 10.6 Å². The summed E-state index contributed by atoms with van der Waals surface area (Å²) in [6.45, 7) is 15.0. The van der Waals surface area contributed by atoms with Gasteiger partial charge in [0.15, 0.2) is 5.96 Å². The number of rotatable bonds is 6. The number of aryl methyl sites for hydroxylation is 1. The van der Waals surface area contributed by atoms with Crippen molar-refractivity contribution >= 4 is 35.6 Å². The summed E-state index contributed by atoms with van der Waals surface area (Å²) < 4.78 is 2.11. The Bertz CT molecular complexity index is 804. The number of aliphatic imine (C=N–C) groups is 1. The molecule has 7 heteroatoms. The van der Waals surface area contributed by atoms with Crippen molar-refractivity contribution in [2.75, 3.05) is 26.2 Å². The summed E-state index contributed by atoms with van der Waals surface area (Å²) in [5.41, 5.74) is 4.38. The second-order valence-corrected chi connectivity index (χ2v) is 7.47. The van der Waals surface area contributed by atoms with Crippen molar-refractivity contribution in [1.29, 1.82) is 0 Å². The van der Waals surface area contributed by atoms with Crippen LogP contribution in [0.3, 0.4) is 0 Å². The topological polar surface area (TPSA) is 57.0 Å². The van der Waals surface area contributed by atoms with Crippen molar-refractivity contribution in [3.63, 3.8) is 0 Å². The van der Waals surface area contributed by atoms with Crippen molar-refractivity contribution in [2.24, 2.45) is 4.99 Å². The summed E-state index contributed by atoms with van der Waals surface area (Å²) in [4.78, 5) is 11.9. The van der Waals surface area contributed by atoms with Gasteiger partial charge in [-0.15, -0.1) is 24.0 Å². The Balaban J connectivity index is 0.00000280. The molecule has 1 fully saturated rings. The number of likely N-dealkylation sites (tertiary alicyclic amines) is 1. The molecular formula is C21H33IN6. The second kappa shape index (κ2) is 10.8. The van der Waals surface area contributed by atoms with Gasteiger partial charge in [0.25, 0.3) is 0 Å². The lowest BCUT2D eigenvalue weighted by atomic mass is 10.0. The lowest BCUT2D eigenvalue weighted by Gasteiger charge is -2.33. The van der Waals surface area contributed by atoms with Gasteiger partial charge >= 0.3 is 0 Å². The third kappa shape index (κ3) is 6.20. The van der Waals surface area contributed by atoms with Crippen LogP contribution in [-0.4, -0.2) is 52.5 Å². The van der Waals surface area contributed by atoms with E-state index in [1.165, 1.54) is 11.3 Å². The van der Waals surface area contributed by atoms with Crippen LogP contribution >= 0.6 is 24.0 Å². The molecule has 0 aromatic carbocycles. The van der Waals surface area contributed by atoms with Crippen molar-refractivity contribution in [1.82, 2.24) is 24.9 Å². The Morgan fingerprint density at radius 3 is 2.71 bits per heavy atom. The zero-order chi connectivity index (χ0) is 19.2. The molecule has 0 amide bonds. The molecule has 0 saturated carbocycles. The van der Waals surface area contributed by atoms with Crippen molar-refractivity contribution < 1.29 is 0 Å². The van der Waals surface area contributed by atoms with E-state index in [0.29, 0.717) is 12.6 Å².